The molecule has 2 rings (SSSR count). The Bertz CT molecular complexity index is 474. The molecule has 1 amide bonds. The molecule has 20 heavy (non-hydrogen) atoms. The number of ether oxygens (including phenoxy) is 1. The topological polar surface area (TPSA) is 55.6 Å². The monoisotopic (exact) mass is 276 g/mol. The summed E-state index contributed by atoms with van der Waals surface area (Å²) < 4.78 is 5.47. The van der Waals surface area contributed by atoms with Crippen molar-refractivity contribution in [2.45, 2.75) is 45.6 Å². The molecule has 1 atom stereocenters. The van der Waals surface area contributed by atoms with Gasteiger partial charge in [0.05, 0.1) is 6.61 Å². The number of hydrogen-bond acceptors (Lipinski definition) is 3. The van der Waals surface area contributed by atoms with Gasteiger partial charge in [-0.3, -0.25) is 4.79 Å². The highest BCUT2D eigenvalue weighted by molar-refractivity contribution is 5.95. The van der Waals surface area contributed by atoms with Crippen molar-refractivity contribution >= 4 is 11.6 Å². The molecule has 0 spiro atoms. The maximum absolute atomic E-state index is 12.7. The molecular weight excluding hydrogens is 252 g/mol. The summed E-state index contributed by atoms with van der Waals surface area (Å²) in [5.74, 6) is 0.728. The first-order chi connectivity index (χ1) is 9.61. The number of nitrogen functional groups attached to an aromatic ring is 1. The van der Waals surface area contributed by atoms with Crippen LogP contribution in [-0.4, -0.2) is 30.0 Å². The third-order valence-electron chi connectivity index (χ3n) is 3.80. The molecule has 1 aromatic rings. The Labute approximate surface area is 120 Å². The van der Waals surface area contributed by atoms with Crippen LogP contribution in [0.2, 0.25) is 0 Å². The van der Waals surface area contributed by atoms with Gasteiger partial charge in [-0.1, -0.05) is 12.8 Å². The van der Waals surface area contributed by atoms with Crippen molar-refractivity contribution in [2.24, 2.45) is 0 Å². The summed E-state index contributed by atoms with van der Waals surface area (Å²) in [6.45, 7) is 5.44. The number of likely N-dealkylation sites (tertiary alicyclic amines) is 1. The molecule has 0 aromatic heterocycles. The highest BCUT2D eigenvalue weighted by atomic mass is 16.5. The van der Waals surface area contributed by atoms with E-state index in [9.17, 15) is 4.79 Å². The molecule has 1 fully saturated rings. The minimum absolute atomic E-state index is 0.0626. The van der Waals surface area contributed by atoms with Gasteiger partial charge in [-0.15, -0.1) is 0 Å². The molecule has 1 unspecified atom stereocenters. The van der Waals surface area contributed by atoms with E-state index in [4.69, 9.17) is 10.5 Å². The van der Waals surface area contributed by atoms with Crippen LogP contribution in [0.1, 0.15) is 49.9 Å². The lowest BCUT2D eigenvalue weighted by Gasteiger charge is -2.27. The number of carbonyl (C=O) groups excluding carboxylic acids is 1. The van der Waals surface area contributed by atoms with Crippen LogP contribution < -0.4 is 10.5 Å². The number of benzene rings is 1. The van der Waals surface area contributed by atoms with Crippen LogP contribution >= 0.6 is 0 Å². The minimum Gasteiger partial charge on any atom is -0.494 e. The summed E-state index contributed by atoms with van der Waals surface area (Å²) in [6, 6.07) is 5.58. The highest BCUT2D eigenvalue weighted by Crippen LogP contribution is 2.23. The van der Waals surface area contributed by atoms with Crippen LogP contribution in [0, 0.1) is 0 Å². The number of amides is 1. The Balaban J connectivity index is 2.22. The predicted octanol–water partition coefficient (Wildman–Crippen LogP) is 3.07. The van der Waals surface area contributed by atoms with Crippen LogP contribution in [0.3, 0.4) is 0 Å². The van der Waals surface area contributed by atoms with Gasteiger partial charge in [0, 0.05) is 29.9 Å². The van der Waals surface area contributed by atoms with Crippen LogP contribution in [0.25, 0.3) is 0 Å². The Morgan fingerprint density at radius 3 is 2.90 bits per heavy atom. The van der Waals surface area contributed by atoms with E-state index in [-0.39, 0.29) is 5.91 Å². The average molecular weight is 276 g/mol. The SMILES string of the molecule is CCOc1cc(N)cc(C(=O)N2CCCCCC2C)c1. The lowest BCUT2D eigenvalue weighted by molar-refractivity contribution is 0.0697. The Morgan fingerprint density at radius 1 is 1.35 bits per heavy atom. The summed E-state index contributed by atoms with van der Waals surface area (Å²) in [5, 5.41) is 0. The first kappa shape index (κ1) is 14.7. The maximum Gasteiger partial charge on any atom is 0.254 e. The van der Waals surface area contributed by atoms with Crippen LogP contribution in [0.15, 0.2) is 18.2 Å². The largest absolute Gasteiger partial charge is 0.494 e. The number of nitrogens with zero attached hydrogens (tertiary/aromatic N) is 1. The van der Waals surface area contributed by atoms with E-state index in [1.165, 1.54) is 12.8 Å². The van der Waals surface area contributed by atoms with Crippen LogP contribution in [0.4, 0.5) is 5.69 Å². The van der Waals surface area contributed by atoms with Crippen molar-refractivity contribution in [3.63, 3.8) is 0 Å². The van der Waals surface area contributed by atoms with Crippen molar-refractivity contribution in [3.8, 4) is 5.75 Å². The van der Waals surface area contributed by atoms with E-state index in [1.54, 1.807) is 18.2 Å². The molecule has 1 aliphatic heterocycles. The molecule has 0 aliphatic carbocycles. The van der Waals surface area contributed by atoms with E-state index in [0.717, 1.165) is 19.4 Å². The second-order valence-corrected chi connectivity index (χ2v) is 5.42. The Morgan fingerprint density at radius 2 is 2.15 bits per heavy atom. The van der Waals surface area contributed by atoms with Gasteiger partial charge in [-0.05, 0) is 38.8 Å². The normalized spacial score (nSPS) is 19.5. The van der Waals surface area contributed by atoms with Crippen molar-refractivity contribution < 1.29 is 9.53 Å². The summed E-state index contributed by atoms with van der Waals surface area (Å²) in [5.41, 5.74) is 7.07. The van der Waals surface area contributed by atoms with E-state index < -0.39 is 0 Å². The number of carbonyl (C=O) groups is 1. The van der Waals surface area contributed by atoms with Gasteiger partial charge in [-0.2, -0.15) is 0 Å². The number of anilines is 1. The fourth-order valence-electron chi connectivity index (χ4n) is 2.74. The lowest BCUT2D eigenvalue weighted by atomic mass is 10.1. The molecule has 4 heteroatoms. The fraction of sp³-hybridized carbons (Fsp3) is 0.562. The number of rotatable bonds is 3. The summed E-state index contributed by atoms with van der Waals surface area (Å²) in [6.07, 6.45) is 4.56. The third kappa shape index (κ3) is 3.44. The molecule has 4 nitrogen and oxygen atoms in total. The second-order valence-electron chi connectivity index (χ2n) is 5.42. The van der Waals surface area contributed by atoms with Gasteiger partial charge >= 0.3 is 0 Å². The predicted molar refractivity (Wildman–Crippen MR) is 81.0 cm³/mol. The smallest absolute Gasteiger partial charge is 0.254 e. The molecule has 110 valence electrons. The Kier molecular flexibility index (Phi) is 4.88. The molecule has 1 aliphatic rings. The summed E-state index contributed by atoms with van der Waals surface area (Å²) in [4.78, 5) is 14.7. The minimum atomic E-state index is 0.0626. The number of nitrogens with two attached hydrogens (primary N) is 1. The quantitative estimate of drug-likeness (QED) is 0.863. The maximum atomic E-state index is 12.7. The molecule has 0 saturated carbocycles. The van der Waals surface area contributed by atoms with Gasteiger partial charge in [-0.25, -0.2) is 0 Å². The van der Waals surface area contributed by atoms with Crippen molar-refractivity contribution in [1.29, 1.82) is 0 Å². The molecule has 1 saturated heterocycles. The van der Waals surface area contributed by atoms with Gasteiger partial charge in [0.15, 0.2) is 0 Å². The molecule has 2 N–H and O–H groups in total. The van der Waals surface area contributed by atoms with Gasteiger partial charge in [0.25, 0.3) is 5.91 Å². The second kappa shape index (κ2) is 6.64. The number of hydrogen-bond donors (Lipinski definition) is 1. The zero-order chi connectivity index (χ0) is 14.5. The molecule has 0 radical (unpaired) electrons. The molecule has 1 aromatic carbocycles. The first-order valence-corrected chi connectivity index (χ1v) is 7.46. The lowest BCUT2D eigenvalue weighted by Crippen LogP contribution is -2.38. The van der Waals surface area contributed by atoms with Crippen LogP contribution in [-0.2, 0) is 0 Å². The highest BCUT2D eigenvalue weighted by Gasteiger charge is 2.23. The van der Waals surface area contributed by atoms with Gasteiger partial charge in [0.1, 0.15) is 5.75 Å². The van der Waals surface area contributed by atoms with Gasteiger partial charge in [0.2, 0.25) is 0 Å². The molecular formula is C16H24N2O2. The molecule has 0 bridgehead atoms. The van der Waals surface area contributed by atoms with E-state index >= 15 is 0 Å². The average Bonchev–Trinajstić information content (AvgIpc) is 2.62. The van der Waals surface area contributed by atoms with E-state index in [1.807, 2.05) is 11.8 Å². The zero-order valence-electron chi connectivity index (χ0n) is 12.4. The van der Waals surface area contributed by atoms with Crippen molar-refractivity contribution in [1.82, 2.24) is 4.90 Å². The Hall–Kier alpha value is -1.71. The van der Waals surface area contributed by atoms with E-state index in [0.29, 0.717) is 29.6 Å². The molecule has 1 heterocycles. The first-order valence-electron chi connectivity index (χ1n) is 7.46. The summed E-state index contributed by atoms with van der Waals surface area (Å²) in [7, 11) is 0. The van der Waals surface area contributed by atoms with E-state index in [2.05, 4.69) is 6.92 Å². The summed E-state index contributed by atoms with van der Waals surface area (Å²) >= 11 is 0. The van der Waals surface area contributed by atoms with Crippen molar-refractivity contribution in [2.75, 3.05) is 18.9 Å². The van der Waals surface area contributed by atoms with Gasteiger partial charge < -0.3 is 15.4 Å². The third-order valence-corrected chi connectivity index (χ3v) is 3.80. The van der Waals surface area contributed by atoms with Crippen LogP contribution in [0.5, 0.6) is 5.75 Å². The van der Waals surface area contributed by atoms with Crippen molar-refractivity contribution in [3.05, 3.63) is 23.8 Å². The zero-order valence-corrected chi connectivity index (χ0v) is 12.4. The standard InChI is InChI=1S/C16H24N2O2/c1-3-20-15-10-13(9-14(17)11-15)16(19)18-8-6-4-5-7-12(18)2/h9-12H,3-8,17H2,1-2H3. The fourth-order valence-corrected chi connectivity index (χ4v) is 2.74.